The number of fused-ring (bicyclic) bond motifs is 1. The first-order valence-corrected chi connectivity index (χ1v) is 4.78. The summed E-state index contributed by atoms with van der Waals surface area (Å²) >= 11 is 0. The second kappa shape index (κ2) is 3.86. The van der Waals surface area contributed by atoms with Crippen LogP contribution in [0.1, 0.15) is 0 Å². The zero-order valence-corrected chi connectivity index (χ0v) is 8.50. The summed E-state index contributed by atoms with van der Waals surface area (Å²) in [4.78, 5) is 4.27. The maximum Gasteiger partial charge on any atom is 0.203 e. The lowest BCUT2D eigenvalue weighted by Crippen LogP contribution is -2.15. The first-order chi connectivity index (χ1) is 7.22. The van der Waals surface area contributed by atoms with Crippen LogP contribution < -0.4 is 11.1 Å². The molecule has 0 saturated heterocycles. The van der Waals surface area contributed by atoms with Gasteiger partial charge in [-0.2, -0.15) is 0 Å². The van der Waals surface area contributed by atoms with Gasteiger partial charge in [-0.15, -0.1) is 0 Å². The van der Waals surface area contributed by atoms with E-state index in [1.807, 2.05) is 11.6 Å². The summed E-state index contributed by atoms with van der Waals surface area (Å²) in [5.41, 5.74) is 6.93. The molecule has 0 aliphatic carbocycles. The number of aryl methyl sites for hydroxylation is 1. The molecule has 1 aromatic carbocycles. The lowest BCUT2D eigenvalue weighted by Gasteiger charge is -2.03. The second-order valence-electron chi connectivity index (χ2n) is 3.34. The minimum Gasteiger partial charge on any atom is -0.354 e. The number of nitrogens with one attached hydrogen (secondary N) is 1. The van der Waals surface area contributed by atoms with Crippen LogP contribution in [0.2, 0.25) is 0 Å². The van der Waals surface area contributed by atoms with E-state index in [1.54, 1.807) is 6.07 Å². The first-order valence-electron chi connectivity index (χ1n) is 4.78. The summed E-state index contributed by atoms with van der Waals surface area (Å²) in [6, 6.07) is 4.56. The predicted molar refractivity (Wildman–Crippen MR) is 58.2 cm³/mol. The molecule has 0 aliphatic heterocycles. The van der Waals surface area contributed by atoms with E-state index in [1.165, 1.54) is 12.1 Å². The zero-order chi connectivity index (χ0) is 10.8. The third-order valence-corrected chi connectivity index (χ3v) is 2.27. The van der Waals surface area contributed by atoms with Crippen LogP contribution >= 0.6 is 0 Å². The summed E-state index contributed by atoms with van der Waals surface area (Å²) in [6.07, 6.45) is 0. The molecule has 4 nitrogen and oxygen atoms in total. The number of nitrogens with zero attached hydrogens (tertiary/aromatic N) is 2. The summed E-state index contributed by atoms with van der Waals surface area (Å²) < 4.78 is 14.8. The number of anilines is 1. The Morgan fingerprint density at radius 1 is 1.53 bits per heavy atom. The number of aromatic nitrogens is 2. The first kappa shape index (κ1) is 9.92. The summed E-state index contributed by atoms with van der Waals surface area (Å²) in [6.45, 7) is 1.19. The number of benzene rings is 1. The van der Waals surface area contributed by atoms with Gasteiger partial charge >= 0.3 is 0 Å². The normalized spacial score (nSPS) is 10.9. The Balaban J connectivity index is 2.44. The number of rotatable bonds is 3. The quantitative estimate of drug-likeness (QED) is 0.793. The van der Waals surface area contributed by atoms with Gasteiger partial charge in [0.25, 0.3) is 0 Å². The van der Waals surface area contributed by atoms with Crippen molar-refractivity contribution < 1.29 is 4.39 Å². The molecule has 80 valence electrons. The SMILES string of the molecule is Cn1c(NCCN)nc2cc(F)ccc21. The van der Waals surface area contributed by atoms with E-state index in [9.17, 15) is 4.39 Å². The molecular formula is C10H13FN4. The van der Waals surface area contributed by atoms with Crippen molar-refractivity contribution in [3.05, 3.63) is 24.0 Å². The lowest BCUT2D eigenvalue weighted by molar-refractivity contribution is 0.629. The molecular weight excluding hydrogens is 195 g/mol. The van der Waals surface area contributed by atoms with Gasteiger partial charge < -0.3 is 15.6 Å². The van der Waals surface area contributed by atoms with Crippen LogP contribution in [0, 0.1) is 5.82 Å². The van der Waals surface area contributed by atoms with Crippen LogP contribution in [0.15, 0.2) is 18.2 Å². The van der Waals surface area contributed by atoms with Crippen molar-refractivity contribution in [1.29, 1.82) is 0 Å². The van der Waals surface area contributed by atoms with Gasteiger partial charge in [0, 0.05) is 26.2 Å². The van der Waals surface area contributed by atoms with E-state index in [2.05, 4.69) is 10.3 Å². The Bertz CT molecular complexity index is 477. The van der Waals surface area contributed by atoms with Gasteiger partial charge in [-0.25, -0.2) is 9.37 Å². The largest absolute Gasteiger partial charge is 0.354 e. The molecule has 0 amide bonds. The fourth-order valence-corrected chi connectivity index (χ4v) is 1.52. The van der Waals surface area contributed by atoms with Gasteiger partial charge in [0.2, 0.25) is 5.95 Å². The standard InChI is InChI=1S/C10H13FN4/c1-15-9-3-2-7(11)6-8(9)14-10(15)13-5-4-12/h2-3,6H,4-5,12H2,1H3,(H,13,14). The molecule has 0 aliphatic rings. The predicted octanol–water partition coefficient (Wildman–Crippen LogP) is 1.08. The molecule has 5 heteroatoms. The fraction of sp³-hybridized carbons (Fsp3) is 0.300. The number of imidazole rings is 1. The van der Waals surface area contributed by atoms with E-state index in [0.29, 0.717) is 24.6 Å². The highest BCUT2D eigenvalue weighted by Gasteiger charge is 2.07. The third-order valence-electron chi connectivity index (χ3n) is 2.27. The molecule has 1 heterocycles. The molecule has 1 aromatic heterocycles. The second-order valence-corrected chi connectivity index (χ2v) is 3.34. The maximum absolute atomic E-state index is 12.9. The average Bonchev–Trinajstić information content (AvgIpc) is 2.52. The highest BCUT2D eigenvalue weighted by atomic mass is 19.1. The zero-order valence-electron chi connectivity index (χ0n) is 8.50. The minimum absolute atomic E-state index is 0.272. The van der Waals surface area contributed by atoms with Gasteiger partial charge in [0.05, 0.1) is 11.0 Å². The molecule has 2 rings (SSSR count). The maximum atomic E-state index is 12.9. The van der Waals surface area contributed by atoms with Crippen molar-refractivity contribution >= 4 is 17.0 Å². The Morgan fingerprint density at radius 2 is 2.33 bits per heavy atom. The van der Waals surface area contributed by atoms with Crippen LogP contribution in [-0.4, -0.2) is 22.6 Å². The minimum atomic E-state index is -0.272. The van der Waals surface area contributed by atoms with Gasteiger partial charge in [0.15, 0.2) is 0 Å². The van der Waals surface area contributed by atoms with Gasteiger partial charge in [0.1, 0.15) is 5.82 Å². The van der Waals surface area contributed by atoms with Crippen LogP contribution in [0.3, 0.4) is 0 Å². The number of nitrogens with two attached hydrogens (primary N) is 1. The van der Waals surface area contributed by atoms with Crippen LogP contribution in [0.5, 0.6) is 0 Å². The number of hydrogen-bond acceptors (Lipinski definition) is 3. The molecule has 0 saturated carbocycles. The topological polar surface area (TPSA) is 55.9 Å². The van der Waals surface area contributed by atoms with Crippen molar-refractivity contribution in [2.24, 2.45) is 12.8 Å². The number of hydrogen-bond donors (Lipinski definition) is 2. The highest BCUT2D eigenvalue weighted by Crippen LogP contribution is 2.18. The molecule has 15 heavy (non-hydrogen) atoms. The van der Waals surface area contributed by atoms with Crippen molar-refractivity contribution in [1.82, 2.24) is 9.55 Å². The van der Waals surface area contributed by atoms with Gasteiger partial charge in [-0.05, 0) is 12.1 Å². The molecule has 0 radical (unpaired) electrons. The molecule has 3 N–H and O–H groups in total. The molecule has 0 unspecified atom stereocenters. The Labute approximate surface area is 86.9 Å². The van der Waals surface area contributed by atoms with Crippen molar-refractivity contribution in [2.75, 3.05) is 18.4 Å². The highest BCUT2D eigenvalue weighted by molar-refractivity contribution is 5.78. The summed E-state index contributed by atoms with van der Waals surface area (Å²) in [7, 11) is 1.88. The van der Waals surface area contributed by atoms with E-state index >= 15 is 0 Å². The number of halogens is 1. The fourth-order valence-electron chi connectivity index (χ4n) is 1.52. The summed E-state index contributed by atoms with van der Waals surface area (Å²) in [5, 5.41) is 3.08. The molecule has 0 atom stereocenters. The van der Waals surface area contributed by atoms with Crippen LogP contribution in [-0.2, 0) is 7.05 Å². The molecule has 0 spiro atoms. The van der Waals surface area contributed by atoms with Crippen LogP contribution in [0.4, 0.5) is 10.3 Å². The molecule has 2 aromatic rings. The molecule has 0 bridgehead atoms. The summed E-state index contributed by atoms with van der Waals surface area (Å²) in [5.74, 6) is 0.437. The van der Waals surface area contributed by atoms with E-state index < -0.39 is 0 Å². The van der Waals surface area contributed by atoms with Gasteiger partial charge in [-0.1, -0.05) is 0 Å². The van der Waals surface area contributed by atoms with Crippen molar-refractivity contribution in [2.45, 2.75) is 0 Å². The monoisotopic (exact) mass is 208 g/mol. The van der Waals surface area contributed by atoms with E-state index in [0.717, 1.165) is 5.52 Å². The Hall–Kier alpha value is -1.62. The smallest absolute Gasteiger partial charge is 0.203 e. The lowest BCUT2D eigenvalue weighted by atomic mass is 10.3. The van der Waals surface area contributed by atoms with E-state index in [-0.39, 0.29) is 5.82 Å². The Kier molecular flexibility index (Phi) is 2.55. The Morgan fingerprint density at radius 3 is 3.07 bits per heavy atom. The van der Waals surface area contributed by atoms with Crippen molar-refractivity contribution in [3.8, 4) is 0 Å². The third kappa shape index (κ3) is 1.78. The van der Waals surface area contributed by atoms with Crippen LogP contribution in [0.25, 0.3) is 11.0 Å². The molecule has 0 fully saturated rings. The van der Waals surface area contributed by atoms with E-state index in [4.69, 9.17) is 5.73 Å². The average molecular weight is 208 g/mol. The van der Waals surface area contributed by atoms with Crippen molar-refractivity contribution in [3.63, 3.8) is 0 Å². The van der Waals surface area contributed by atoms with Gasteiger partial charge in [-0.3, -0.25) is 0 Å².